The highest BCUT2D eigenvalue weighted by molar-refractivity contribution is 7.11. The van der Waals surface area contributed by atoms with E-state index in [1.165, 1.54) is 41.3 Å². The van der Waals surface area contributed by atoms with Crippen molar-refractivity contribution >= 4 is 11.3 Å². The Morgan fingerprint density at radius 1 is 1.20 bits per heavy atom. The molecule has 1 aromatic rings. The van der Waals surface area contributed by atoms with E-state index in [9.17, 15) is 0 Å². The van der Waals surface area contributed by atoms with E-state index in [2.05, 4.69) is 51.8 Å². The summed E-state index contributed by atoms with van der Waals surface area (Å²) >= 11 is 1.85. The Labute approximate surface area is 128 Å². The van der Waals surface area contributed by atoms with E-state index in [1.54, 1.807) is 0 Å². The highest BCUT2D eigenvalue weighted by Crippen LogP contribution is 2.39. The van der Waals surface area contributed by atoms with E-state index >= 15 is 0 Å². The van der Waals surface area contributed by atoms with Crippen molar-refractivity contribution in [2.75, 3.05) is 0 Å². The second kappa shape index (κ2) is 6.15. The van der Waals surface area contributed by atoms with Crippen LogP contribution >= 0.6 is 11.3 Å². The molecule has 1 aliphatic rings. The predicted octanol–water partition coefficient (Wildman–Crippen LogP) is 5.02. The minimum atomic E-state index is 0.399. The monoisotopic (exact) mass is 294 g/mol. The number of rotatable bonds is 3. The smallest absolute Gasteiger partial charge is 0.0900 e. The van der Waals surface area contributed by atoms with Crippen molar-refractivity contribution < 1.29 is 0 Å². The summed E-state index contributed by atoms with van der Waals surface area (Å²) in [5, 5.41) is 5.10. The summed E-state index contributed by atoms with van der Waals surface area (Å²) in [7, 11) is 0. The van der Waals surface area contributed by atoms with Crippen LogP contribution in [0.4, 0.5) is 0 Å². The van der Waals surface area contributed by atoms with Gasteiger partial charge in [-0.1, -0.05) is 33.6 Å². The van der Waals surface area contributed by atoms with Crippen LogP contribution in [0.25, 0.3) is 0 Å². The van der Waals surface area contributed by atoms with Crippen molar-refractivity contribution in [2.24, 2.45) is 11.3 Å². The number of hydrogen-bond acceptors (Lipinski definition) is 3. The molecule has 0 aromatic carbocycles. The molecule has 0 bridgehead atoms. The summed E-state index contributed by atoms with van der Waals surface area (Å²) in [6.07, 6.45) is 5.46. The summed E-state index contributed by atoms with van der Waals surface area (Å²) in [5.74, 6) is 0.785. The zero-order valence-corrected chi connectivity index (χ0v) is 14.7. The summed E-state index contributed by atoms with van der Waals surface area (Å²) in [6, 6.07) is 1.08. The van der Waals surface area contributed by atoms with Gasteiger partial charge < -0.3 is 5.32 Å². The Morgan fingerprint density at radius 2 is 1.85 bits per heavy atom. The van der Waals surface area contributed by atoms with Gasteiger partial charge in [-0.25, -0.2) is 4.98 Å². The molecule has 0 spiro atoms. The normalized spacial score (nSPS) is 25.7. The first-order valence-electron chi connectivity index (χ1n) is 7.99. The minimum absolute atomic E-state index is 0.399. The summed E-state index contributed by atoms with van der Waals surface area (Å²) in [4.78, 5) is 5.99. The molecule has 1 aliphatic carbocycles. The van der Waals surface area contributed by atoms with Gasteiger partial charge in [0.2, 0.25) is 0 Å². The van der Waals surface area contributed by atoms with Crippen molar-refractivity contribution in [2.45, 2.75) is 79.3 Å². The van der Waals surface area contributed by atoms with Crippen molar-refractivity contribution in [3.63, 3.8) is 0 Å². The van der Waals surface area contributed by atoms with Crippen LogP contribution in [0.1, 0.15) is 75.0 Å². The lowest BCUT2D eigenvalue weighted by atomic mass is 9.69. The van der Waals surface area contributed by atoms with Crippen LogP contribution in [-0.2, 0) is 0 Å². The van der Waals surface area contributed by atoms with E-state index in [-0.39, 0.29) is 0 Å². The highest BCUT2D eigenvalue weighted by atomic mass is 32.1. The number of aryl methyl sites for hydroxylation is 2. The molecule has 1 fully saturated rings. The van der Waals surface area contributed by atoms with Gasteiger partial charge in [0, 0.05) is 17.0 Å². The van der Waals surface area contributed by atoms with E-state index in [4.69, 9.17) is 0 Å². The minimum Gasteiger partial charge on any atom is -0.306 e. The van der Waals surface area contributed by atoms with E-state index in [0.717, 1.165) is 5.92 Å². The molecule has 0 saturated heterocycles. The Morgan fingerprint density at radius 3 is 2.40 bits per heavy atom. The summed E-state index contributed by atoms with van der Waals surface area (Å²) in [5.41, 5.74) is 1.60. The topological polar surface area (TPSA) is 24.9 Å². The zero-order valence-electron chi connectivity index (χ0n) is 13.9. The lowest BCUT2D eigenvalue weighted by Crippen LogP contribution is -2.45. The van der Waals surface area contributed by atoms with Crippen LogP contribution in [0.3, 0.4) is 0 Å². The average molecular weight is 295 g/mol. The third kappa shape index (κ3) is 3.62. The molecule has 0 amide bonds. The van der Waals surface area contributed by atoms with Crippen LogP contribution in [0, 0.1) is 25.2 Å². The number of hydrogen-bond donors (Lipinski definition) is 1. The molecular weight excluding hydrogens is 264 g/mol. The third-order valence-electron chi connectivity index (χ3n) is 4.68. The maximum absolute atomic E-state index is 4.57. The van der Waals surface area contributed by atoms with Gasteiger partial charge in [-0.05, 0) is 44.9 Å². The molecule has 1 saturated carbocycles. The molecule has 3 heteroatoms. The molecule has 0 radical (unpaired) electrons. The first kappa shape index (κ1) is 16.0. The fourth-order valence-electron chi connectivity index (χ4n) is 3.71. The number of aromatic nitrogens is 1. The maximum atomic E-state index is 4.57. The fourth-order valence-corrected chi connectivity index (χ4v) is 4.65. The van der Waals surface area contributed by atoms with Gasteiger partial charge in [0.05, 0.1) is 10.7 Å². The zero-order chi connectivity index (χ0) is 14.9. The molecule has 2 rings (SSSR count). The van der Waals surface area contributed by atoms with Crippen molar-refractivity contribution in [1.82, 2.24) is 10.3 Å². The molecule has 0 aliphatic heterocycles. The van der Waals surface area contributed by atoms with Gasteiger partial charge in [0.25, 0.3) is 0 Å². The summed E-state index contributed by atoms with van der Waals surface area (Å²) in [6.45, 7) is 13.7. The lowest BCUT2D eigenvalue weighted by Gasteiger charge is -2.42. The molecule has 1 aromatic heterocycles. The second-order valence-electron chi connectivity index (χ2n) is 7.43. The van der Waals surface area contributed by atoms with Gasteiger partial charge in [0.15, 0.2) is 0 Å². The Bertz CT molecular complexity index is 444. The Hall–Kier alpha value is -0.410. The van der Waals surface area contributed by atoms with Crippen molar-refractivity contribution in [3.8, 4) is 0 Å². The standard InChI is InChI=1S/C17H30N2S/c1-11-16(20-13(3)18-11)12(2)19-15-10-8-7-9-14(15)17(4,5)6/h12,14-15,19H,7-10H2,1-6H3. The SMILES string of the molecule is Cc1nc(C)c(C(C)NC2CCCCC2C(C)(C)C)s1. The van der Waals surface area contributed by atoms with Gasteiger partial charge in [-0.2, -0.15) is 0 Å². The van der Waals surface area contributed by atoms with Crippen LogP contribution in [0.5, 0.6) is 0 Å². The highest BCUT2D eigenvalue weighted by Gasteiger charge is 2.34. The predicted molar refractivity (Wildman–Crippen MR) is 88.3 cm³/mol. The molecule has 1 N–H and O–H groups in total. The van der Waals surface area contributed by atoms with Crippen LogP contribution in [-0.4, -0.2) is 11.0 Å². The second-order valence-corrected chi connectivity index (χ2v) is 8.67. The molecule has 114 valence electrons. The summed E-state index contributed by atoms with van der Waals surface area (Å²) < 4.78 is 0. The fraction of sp³-hybridized carbons (Fsp3) is 0.824. The van der Waals surface area contributed by atoms with Gasteiger partial charge in [-0.3, -0.25) is 0 Å². The largest absolute Gasteiger partial charge is 0.306 e. The molecular formula is C17H30N2S. The Balaban J connectivity index is 2.09. The quantitative estimate of drug-likeness (QED) is 0.847. The molecule has 20 heavy (non-hydrogen) atoms. The molecule has 3 unspecified atom stereocenters. The van der Waals surface area contributed by atoms with Crippen molar-refractivity contribution in [1.29, 1.82) is 0 Å². The lowest BCUT2D eigenvalue weighted by molar-refractivity contribution is 0.124. The maximum Gasteiger partial charge on any atom is 0.0900 e. The van der Waals surface area contributed by atoms with E-state index < -0.39 is 0 Å². The van der Waals surface area contributed by atoms with Gasteiger partial charge in [-0.15, -0.1) is 11.3 Å². The van der Waals surface area contributed by atoms with Crippen molar-refractivity contribution in [3.05, 3.63) is 15.6 Å². The third-order valence-corrected chi connectivity index (χ3v) is 5.93. The van der Waals surface area contributed by atoms with Crippen LogP contribution in [0.2, 0.25) is 0 Å². The Kier molecular flexibility index (Phi) is 4.91. The van der Waals surface area contributed by atoms with E-state index in [1.807, 2.05) is 11.3 Å². The first-order chi connectivity index (χ1) is 9.29. The van der Waals surface area contributed by atoms with Crippen LogP contribution in [0.15, 0.2) is 0 Å². The van der Waals surface area contributed by atoms with Gasteiger partial charge >= 0.3 is 0 Å². The molecule has 2 nitrogen and oxygen atoms in total. The average Bonchev–Trinajstić information content (AvgIpc) is 2.68. The first-order valence-corrected chi connectivity index (χ1v) is 8.80. The van der Waals surface area contributed by atoms with Crippen LogP contribution < -0.4 is 5.32 Å². The number of nitrogens with one attached hydrogen (secondary N) is 1. The van der Waals surface area contributed by atoms with E-state index in [0.29, 0.717) is 17.5 Å². The molecule has 1 heterocycles. The molecule has 3 atom stereocenters. The number of nitrogens with zero attached hydrogens (tertiary/aromatic N) is 1. The number of thiazole rings is 1. The van der Waals surface area contributed by atoms with Gasteiger partial charge in [0.1, 0.15) is 0 Å².